The summed E-state index contributed by atoms with van der Waals surface area (Å²) in [4.78, 5) is 16.7. The first-order valence-electron chi connectivity index (χ1n) is 10.7. The average Bonchev–Trinajstić information content (AvgIpc) is 3.18. The second kappa shape index (κ2) is 9.78. The molecule has 0 unspecified atom stereocenters. The largest absolute Gasteiger partial charge is 0.361 e. The molecule has 1 aliphatic rings. The molecule has 8 heteroatoms. The Labute approximate surface area is 182 Å². The van der Waals surface area contributed by atoms with Crippen molar-refractivity contribution in [2.45, 2.75) is 13.0 Å². The van der Waals surface area contributed by atoms with Crippen LogP contribution in [-0.4, -0.2) is 67.6 Å². The van der Waals surface area contributed by atoms with Crippen molar-refractivity contribution in [1.82, 2.24) is 25.5 Å². The van der Waals surface area contributed by atoms with Crippen LogP contribution in [0, 0.1) is 5.82 Å². The molecule has 0 aliphatic carbocycles. The summed E-state index contributed by atoms with van der Waals surface area (Å²) in [7, 11) is 3.92. The van der Waals surface area contributed by atoms with Crippen molar-refractivity contribution in [2.75, 3.05) is 51.7 Å². The monoisotopic (exact) mass is 423 g/mol. The number of piperazine rings is 1. The Bertz CT molecular complexity index is 1040. The number of rotatable bonds is 6. The molecular formula is C23H30FN7. The first-order chi connectivity index (χ1) is 15.1. The van der Waals surface area contributed by atoms with Gasteiger partial charge in [0.1, 0.15) is 11.6 Å². The third-order valence-electron chi connectivity index (χ3n) is 5.74. The van der Waals surface area contributed by atoms with Crippen molar-refractivity contribution in [2.24, 2.45) is 4.99 Å². The average molecular weight is 424 g/mol. The van der Waals surface area contributed by atoms with Crippen LogP contribution in [0.4, 0.5) is 10.2 Å². The maximum Gasteiger partial charge on any atom is 0.191 e. The smallest absolute Gasteiger partial charge is 0.191 e. The third kappa shape index (κ3) is 5.32. The van der Waals surface area contributed by atoms with Crippen molar-refractivity contribution < 1.29 is 4.39 Å². The fourth-order valence-corrected chi connectivity index (χ4v) is 3.86. The number of hydrogen-bond acceptors (Lipinski definition) is 4. The molecule has 0 amide bonds. The van der Waals surface area contributed by atoms with E-state index in [0.717, 1.165) is 60.8 Å². The number of likely N-dealkylation sites (N-methyl/N-ethyl adjacent to an activating group) is 1. The fourth-order valence-electron chi connectivity index (χ4n) is 3.86. The number of aromatic nitrogens is 2. The van der Waals surface area contributed by atoms with E-state index in [0.29, 0.717) is 13.1 Å². The molecule has 164 valence electrons. The van der Waals surface area contributed by atoms with Gasteiger partial charge < -0.3 is 25.4 Å². The summed E-state index contributed by atoms with van der Waals surface area (Å²) in [5, 5.41) is 7.63. The molecule has 2 aromatic heterocycles. The molecular weight excluding hydrogens is 393 g/mol. The molecule has 7 nitrogen and oxygen atoms in total. The molecule has 31 heavy (non-hydrogen) atoms. The van der Waals surface area contributed by atoms with E-state index in [9.17, 15) is 4.39 Å². The maximum atomic E-state index is 13.6. The van der Waals surface area contributed by atoms with E-state index in [-0.39, 0.29) is 5.82 Å². The quantitative estimate of drug-likeness (QED) is 0.419. The first kappa shape index (κ1) is 21.1. The number of H-pyrrole nitrogens is 1. The predicted molar refractivity (Wildman–Crippen MR) is 124 cm³/mol. The van der Waals surface area contributed by atoms with Gasteiger partial charge in [-0.05, 0) is 54.9 Å². The summed E-state index contributed by atoms with van der Waals surface area (Å²) in [5.74, 6) is 1.55. The lowest BCUT2D eigenvalue weighted by Crippen LogP contribution is -2.44. The number of anilines is 1. The molecule has 1 saturated heterocycles. The molecule has 3 heterocycles. The third-order valence-corrected chi connectivity index (χ3v) is 5.74. The van der Waals surface area contributed by atoms with Gasteiger partial charge >= 0.3 is 0 Å². The number of benzene rings is 1. The van der Waals surface area contributed by atoms with Crippen LogP contribution in [0.15, 0.2) is 47.7 Å². The summed E-state index contributed by atoms with van der Waals surface area (Å²) in [6.45, 7) is 5.49. The zero-order valence-corrected chi connectivity index (χ0v) is 18.2. The van der Waals surface area contributed by atoms with E-state index in [1.165, 1.54) is 11.6 Å². The maximum absolute atomic E-state index is 13.6. The molecule has 0 bridgehead atoms. The van der Waals surface area contributed by atoms with E-state index in [2.05, 4.69) is 48.5 Å². The standard InChI is InChI=1S/C23H30FN7/c1-25-23(27-8-6-18-16-28-21-4-3-19(24)14-20(18)21)29-15-17-5-7-26-22(13-17)31-11-9-30(2)10-12-31/h3-5,7,13-14,16,28H,6,8-12,15H2,1-2H3,(H2,25,27,29). The summed E-state index contributed by atoms with van der Waals surface area (Å²) in [6, 6.07) is 9.00. The summed E-state index contributed by atoms with van der Waals surface area (Å²) >= 11 is 0. The molecule has 3 aromatic rings. The minimum absolute atomic E-state index is 0.216. The second-order valence-corrected chi connectivity index (χ2v) is 7.92. The van der Waals surface area contributed by atoms with Gasteiger partial charge in [0.05, 0.1) is 0 Å². The van der Waals surface area contributed by atoms with Gasteiger partial charge in [-0.25, -0.2) is 9.37 Å². The summed E-state index contributed by atoms with van der Waals surface area (Å²) < 4.78 is 13.6. The number of halogens is 1. The highest BCUT2D eigenvalue weighted by Crippen LogP contribution is 2.19. The van der Waals surface area contributed by atoms with Crippen LogP contribution in [0.1, 0.15) is 11.1 Å². The Hall–Kier alpha value is -3.13. The lowest BCUT2D eigenvalue weighted by molar-refractivity contribution is 0.312. The zero-order valence-electron chi connectivity index (χ0n) is 18.2. The van der Waals surface area contributed by atoms with Crippen molar-refractivity contribution in [3.63, 3.8) is 0 Å². The highest BCUT2D eigenvalue weighted by Gasteiger charge is 2.15. The van der Waals surface area contributed by atoms with Crippen LogP contribution < -0.4 is 15.5 Å². The first-order valence-corrected chi connectivity index (χ1v) is 10.7. The number of nitrogens with zero attached hydrogens (tertiary/aromatic N) is 4. The Kier molecular flexibility index (Phi) is 6.66. The van der Waals surface area contributed by atoms with Crippen molar-refractivity contribution >= 4 is 22.7 Å². The minimum Gasteiger partial charge on any atom is -0.361 e. The highest BCUT2D eigenvalue weighted by molar-refractivity contribution is 5.83. The van der Waals surface area contributed by atoms with E-state index in [1.807, 2.05) is 18.5 Å². The lowest BCUT2D eigenvalue weighted by atomic mass is 10.1. The molecule has 1 aliphatic heterocycles. The number of guanidine groups is 1. The van der Waals surface area contributed by atoms with Crippen LogP contribution >= 0.6 is 0 Å². The van der Waals surface area contributed by atoms with Gasteiger partial charge in [0.2, 0.25) is 0 Å². The van der Waals surface area contributed by atoms with Crippen molar-refractivity contribution in [3.8, 4) is 0 Å². The minimum atomic E-state index is -0.216. The van der Waals surface area contributed by atoms with Crippen LogP contribution in [0.25, 0.3) is 10.9 Å². The normalized spacial score (nSPS) is 15.5. The Balaban J connectivity index is 1.29. The number of aromatic amines is 1. The van der Waals surface area contributed by atoms with Gasteiger partial charge in [-0.15, -0.1) is 0 Å². The molecule has 0 spiro atoms. The van der Waals surface area contributed by atoms with Crippen LogP contribution in [0.3, 0.4) is 0 Å². The SMILES string of the molecule is CN=C(NCCc1c[nH]c2ccc(F)cc12)NCc1ccnc(N2CCN(C)CC2)c1. The summed E-state index contributed by atoms with van der Waals surface area (Å²) in [6.07, 6.45) is 4.59. The van der Waals surface area contributed by atoms with Gasteiger partial charge in [0.15, 0.2) is 5.96 Å². The highest BCUT2D eigenvalue weighted by atomic mass is 19.1. The van der Waals surface area contributed by atoms with E-state index < -0.39 is 0 Å². The van der Waals surface area contributed by atoms with Gasteiger partial charge in [0, 0.05) is 69.6 Å². The van der Waals surface area contributed by atoms with E-state index in [1.54, 1.807) is 19.2 Å². The lowest BCUT2D eigenvalue weighted by Gasteiger charge is -2.33. The molecule has 1 fully saturated rings. The van der Waals surface area contributed by atoms with Crippen LogP contribution in [-0.2, 0) is 13.0 Å². The Morgan fingerprint density at radius 3 is 2.81 bits per heavy atom. The van der Waals surface area contributed by atoms with Crippen LogP contribution in [0.5, 0.6) is 0 Å². The summed E-state index contributed by atoms with van der Waals surface area (Å²) in [5.41, 5.74) is 3.20. The van der Waals surface area contributed by atoms with Gasteiger partial charge in [-0.2, -0.15) is 0 Å². The number of hydrogen-bond donors (Lipinski definition) is 3. The van der Waals surface area contributed by atoms with Gasteiger partial charge in [-0.1, -0.05) is 0 Å². The molecule has 1 aromatic carbocycles. The second-order valence-electron chi connectivity index (χ2n) is 7.92. The van der Waals surface area contributed by atoms with Gasteiger partial charge in [0.25, 0.3) is 0 Å². The van der Waals surface area contributed by atoms with Crippen LogP contribution in [0.2, 0.25) is 0 Å². The molecule has 0 radical (unpaired) electrons. The van der Waals surface area contributed by atoms with Crippen molar-refractivity contribution in [1.29, 1.82) is 0 Å². The number of pyridine rings is 1. The Morgan fingerprint density at radius 2 is 2.00 bits per heavy atom. The fraction of sp³-hybridized carbons (Fsp3) is 0.391. The van der Waals surface area contributed by atoms with Gasteiger partial charge in [-0.3, -0.25) is 4.99 Å². The molecule has 4 rings (SSSR count). The van der Waals surface area contributed by atoms with Crippen molar-refractivity contribution in [3.05, 3.63) is 59.7 Å². The molecule has 3 N–H and O–H groups in total. The number of nitrogens with one attached hydrogen (secondary N) is 3. The van der Waals surface area contributed by atoms with E-state index in [4.69, 9.17) is 0 Å². The molecule has 0 atom stereocenters. The molecule has 0 saturated carbocycles. The predicted octanol–water partition coefficient (Wildman–Crippen LogP) is 2.36. The Morgan fingerprint density at radius 1 is 1.16 bits per heavy atom. The zero-order chi connectivity index (χ0) is 21.6. The number of fused-ring (bicyclic) bond motifs is 1. The number of aliphatic imine (C=N–C) groups is 1. The topological polar surface area (TPSA) is 71.6 Å². The van der Waals surface area contributed by atoms with E-state index >= 15 is 0 Å².